The number of hydrogen-bond acceptors (Lipinski definition) is 14. The predicted octanol–water partition coefficient (Wildman–Crippen LogP) is 9.47. The Balaban J connectivity index is 0.000000163. The van der Waals surface area contributed by atoms with Gasteiger partial charge in [0.25, 0.3) is 0 Å². The van der Waals surface area contributed by atoms with E-state index in [0.717, 1.165) is 108 Å². The van der Waals surface area contributed by atoms with Crippen molar-refractivity contribution in [2.75, 3.05) is 31.9 Å². The second-order valence-corrected chi connectivity index (χ2v) is 19.6. The van der Waals surface area contributed by atoms with Crippen molar-refractivity contribution >= 4 is 90.4 Å². The summed E-state index contributed by atoms with van der Waals surface area (Å²) in [7, 11) is 5.26. The van der Waals surface area contributed by atoms with Gasteiger partial charge in [0.05, 0.1) is 60.3 Å². The van der Waals surface area contributed by atoms with Gasteiger partial charge in [-0.2, -0.15) is 0 Å². The van der Waals surface area contributed by atoms with Crippen molar-refractivity contribution in [2.45, 2.75) is 98.2 Å². The van der Waals surface area contributed by atoms with E-state index in [0.29, 0.717) is 38.8 Å². The minimum Gasteiger partial charge on any atom is -0.495 e. The van der Waals surface area contributed by atoms with E-state index in [9.17, 15) is 14.7 Å². The normalized spacial score (nSPS) is 19.1. The van der Waals surface area contributed by atoms with Crippen molar-refractivity contribution in [2.24, 2.45) is 20.8 Å². The van der Waals surface area contributed by atoms with Crippen LogP contribution in [-0.4, -0.2) is 81.6 Å². The van der Waals surface area contributed by atoms with Gasteiger partial charge in [-0.15, -0.1) is 22.7 Å². The van der Waals surface area contributed by atoms with Crippen LogP contribution in [-0.2, 0) is 48.4 Å². The highest BCUT2D eigenvalue weighted by Gasteiger charge is 2.44. The zero-order chi connectivity index (χ0) is 44.9. The van der Waals surface area contributed by atoms with Crippen molar-refractivity contribution in [3.8, 4) is 11.5 Å². The number of aryl methyl sites for hydroxylation is 2. The summed E-state index contributed by atoms with van der Waals surface area (Å²) < 4.78 is 11.3. The Morgan fingerprint density at radius 2 is 1.22 bits per heavy atom. The molecule has 332 valence electrons. The van der Waals surface area contributed by atoms with Gasteiger partial charge in [0.1, 0.15) is 45.5 Å². The topological polar surface area (TPSA) is 176 Å². The SMILES string of the molecule is CC[C@]1(C(=O)N(C)C(C)C)CCc2c(sc3ncnc(Nc4cc5c(cc4OC)CN=C5)c23)C1.CC[C@]1(C(=O)O)CCc2c(sc3ncnc(Nc4cc5c(cc4OC)CN=C5)c23)C1. The zero-order valence-corrected chi connectivity index (χ0v) is 38.9. The van der Waals surface area contributed by atoms with Crippen LogP contribution in [0.5, 0.6) is 11.5 Å². The Kier molecular flexibility index (Phi) is 11.6. The second-order valence-electron chi connectivity index (χ2n) is 17.4. The number of thiophene rings is 2. The lowest BCUT2D eigenvalue weighted by molar-refractivity contribution is -0.150. The molecule has 4 aromatic heterocycles. The third-order valence-electron chi connectivity index (χ3n) is 13.8. The molecular weight excluding hydrogens is 847 g/mol. The number of aliphatic carboxylic acids is 1. The molecule has 2 aliphatic carbocycles. The fourth-order valence-corrected chi connectivity index (χ4v) is 12.2. The molecule has 2 aromatic carbocycles. The molecule has 0 saturated heterocycles. The molecule has 0 unspecified atom stereocenters. The van der Waals surface area contributed by atoms with Crippen LogP contribution in [0.25, 0.3) is 20.4 Å². The summed E-state index contributed by atoms with van der Waals surface area (Å²) in [6.07, 6.45) is 12.7. The first-order valence-electron chi connectivity index (χ1n) is 21.9. The third-order valence-corrected chi connectivity index (χ3v) is 16.1. The number of aliphatic imine (C=N–C) groups is 2. The van der Waals surface area contributed by atoms with Gasteiger partial charge in [0, 0.05) is 35.3 Å². The van der Waals surface area contributed by atoms with E-state index in [4.69, 9.17) is 9.47 Å². The maximum atomic E-state index is 13.5. The first-order chi connectivity index (χ1) is 30.9. The first kappa shape index (κ1) is 43.3. The Hall–Kier alpha value is -6.00. The minimum atomic E-state index is -0.706. The van der Waals surface area contributed by atoms with Gasteiger partial charge >= 0.3 is 5.97 Å². The molecule has 14 nitrogen and oxygen atoms in total. The quantitative estimate of drug-likeness (QED) is 0.113. The Labute approximate surface area is 380 Å². The fourth-order valence-electron chi connectivity index (χ4n) is 9.54. The molecule has 64 heavy (non-hydrogen) atoms. The summed E-state index contributed by atoms with van der Waals surface area (Å²) in [6, 6.07) is 8.34. The predicted molar refractivity (Wildman–Crippen MR) is 255 cm³/mol. The number of nitrogens with one attached hydrogen (secondary N) is 2. The number of ether oxygens (including phenoxy) is 2. The lowest BCUT2D eigenvalue weighted by Crippen LogP contribution is -2.47. The molecule has 0 spiro atoms. The molecule has 2 aliphatic heterocycles. The third kappa shape index (κ3) is 7.53. The maximum absolute atomic E-state index is 13.5. The number of carbonyl (C=O) groups is 2. The number of anilines is 4. The molecule has 10 rings (SSSR count). The number of carboxylic acids is 1. The number of methoxy groups -OCH3 is 2. The molecule has 0 fully saturated rings. The molecule has 16 heteroatoms. The molecule has 6 heterocycles. The van der Waals surface area contributed by atoms with Crippen LogP contribution in [0.1, 0.15) is 96.5 Å². The van der Waals surface area contributed by atoms with Gasteiger partial charge in [-0.3, -0.25) is 19.6 Å². The number of fused-ring (bicyclic) bond motifs is 8. The van der Waals surface area contributed by atoms with Gasteiger partial charge in [-0.1, -0.05) is 13.8 Å². The smallest absolute Gasteiger partial charge is 0.309 e. The second kappa shape index (κ2) is 17.2. The summed E-state index contributed by atoms with van der Waals surface area (Å²) in [6.45, 7) is 9.60. The molecular formula is C48H53N9O5S2. The maximum Gasteiger partial charge on any atom is 0.309 e. The molecule has 0 bridgehead atoms. The van der Waals surface area contributed by atoms with Crippen LogP contribution in [0, 0.1) is 10.8 Å². The van der Waals surface area contributed by atoms with Crippen LogP contribution in [0.2, 0.25) is 0 Å². The van der Waals surface area contributed by atoms with E-state index in [1.165, 1.54) is 16.0 Å². The van der Waals surface area contributed by atoms with Gasteiger partial charge in [-0.05, 0) is 123 Å². The number of carbonyl (C=O) groups excluding carboxylic acids is 1. The number of benzene rings is 2. The fraction of sp³-hybridized carbons (Fsp3) is 0.417. The summed E-state index contributed by atoms with van der Waals surface area (Å²) >= 11 is 3.28. The number of rotatable bonds is 11. The van der Waals surface area contributed by atoms with Crippen molar-refractivity contribution in [3.63, 3.8) is 0 Å². The minimum absolute atomic E-state index is 0.189. The highest BCUT2D eigenvalue weighted by atomic mass is 32.1. The van der Waals surface area contributed by atoms with Crippen LogP contribution in [0.4, 0.5) is 23.0 Å². The average molecular weight is 900 g/mol. The largest absolute Gasteiger partial charge is 0.495 e. The van der Waals surface area contributed by atoms with Gasteiger partial charge in [0.2, 0.25) is 5.91 Å². The Morgan fingerprint density at radius 3 is 1.66 bits per heavy atom. The molecule has 1 amide bonds. The average Bonchev–Trinajstić information content (AvgIpc) is 4.12. The number of carboxylic acid groups (broad SMARTS) is 1. The standard InChI is InChI=1S/C26H31N5O2S.C22H22N4O3S/c1-6-26(25(32)31(4)15(2)3)8-7-18-21(11-26)34-24-22(18)23(28-14-29-24)30-19-9-16-12-27-13-17(16)10-20(19)33-5;1-3-22(21(27)28)5-4-14-17(8-22)30-20-18(14)19(24-11-25-20)26-15-6-12-9-23-10-13(12)7-16(15)29-2/h9-10,12,14-15H,6-8,11,13H2,1-5H3,(H,28,29,30);6-7,9,11H,3-5,8,10H2,1-2H3,(H,27,28)(H,24,25,26)/t26-;22-/m00/s1. The van der Waals surface area contributed by atoms with Gasteiger partial charge < -0.3 is 30.1 Å². The van der Waals surface area contributed by atoms with Crippen molar-refractivity contribution in [1.29, 1.82) is 0 Å². The van der Waals surface area contributed by atoms with Gasteiger partial charge in [-0.25, -0.2) is 19.9 Å². The first-order valence-corrected chi connectivity index (χ1v) is 23.5. The van der Waals surface area contributed by atoms with Crippen molar-refractivity contribution < 1.29 is 24.2 Å². The van der Waals surface area contributed by atoms with Crippen LogP contribution >= 0.6 is 22.7 Å². The van der Waals surface area contributed by atoms with Gasteiger partial charge in [0.15, 0.2) is 0 Å². The van der Waals surface area contributed by atoms with E-state index in [2.05, 4.69) is 67.4 Å². The monoisotopic (exact) mass is 899 g/mol. The lowest BCUT2D eigenvalue weighted by atomic mass is 9.71. The number of hydrogen-bond donors (Lipinski definition) is 3. The molecule has 0 saturated carbocycles. The molecule has 0 radical (unpaired) electrons. The lowest BCUT2D eigenvalue weighted by Gasteiger charge is -2.39. The summed E-state index contributed by atoms with van der Waals surface area (Å²) in [5.41, 5.74) is 7.58. The van der Waals surface area contributed by atoms with Crippen LogP contribution in [0.15, 0.2) is 46.9 Å². The van der Waals surface area contributed by atoms with E-state index >= 15 is 0 Å². The highest BCUT2D eigenvalue weighted by molar-refractivity contribution is 7.19. The van der Waals surface area contributed by atoms with Crippen LogP contribution < -0.4 is 20.1 Å². The number of aromatic nitrogens is 4. The Morgan fingerprint density at radius 1 is 0.750 bits per heavy atom. The highest BCUT2D eigenvalue weighted by Crippen LogP contribution is 2.49. The molecule has 4 aliphatic rings. The van der Waals surface area contributed by atoms with Crippen molar-refractivity contribution in [1.82, 2.24) is 24.8 Å². The van der Waals surface area contributed by atoms with E-state index in [1.54, 1.807) is 49.5 Å². The summed E-state index contributed by atoms with van der Waals surface area (Å²) in [5, 5.41) is 18.8. The molecule has 6 aromatic rings. The number of amides is 1. The summed E-state index contributed by atoms with van der Waals surface area (Å²) in [5.74, 6) is 2.57. The van der Waals surface area contributed by atoms with E-state index in [-0.39, 0.29) is 17.4 Å². The van der Waals surface area contributed by atoms with E-state index < -0.39 is 11.4 Å². The molecule has 2 atom stereocenters. The summed E-state index contributed by atoms with van der Waals surface area (Å²) in [4.78, 5) is 58.4. The Bertz CT molecular complexity index is 2890. The van der Waals surface area contributed by atoms with E-state index in [1.807, 2.05) is 49.5 Å². The number of nitrogens with zero attached hydrogens (tertiary/aromatic N) is 7. The van der Waals surface area contributed by atoms with Crippen LogP contribution in [0.3, 0.4) is 0 Å². The molecule has 3 N–H and O–H groups in total. The zero-order valence-electron chi connectivity index (χ0n) is 37.3. The van der Waals surface area contributed by atoms with Crippen molar-refractivity contribution in [3.05, 3.63) is 80.1 Å².